The average Bonchev–Trinajstić information content (AvgIpc) is 3.25. The summed E-state index contributed by atoms with van der Waals surface area (Å²) in [5.41, 5.74) is 4.10. The van der Waals surface area contributed by atoms with Crippen molar-refractivity contribution < 1.29 is 33.5 Å². The first-order valence-electron chi connectivity index (χ1n) is 12.1. The van der Waals surface area contributed by atoms with E-state index in [1.165, 1.54) is 5.23 Å². The monoisotopic (exact) mass is 636 g/mol. The molecule has 9 nitrogen and oxygen atoms in total. The molecule has 0 saturated carbocycles. The quantitative estimate of drug-likeness (QED) is 0.0857. The molecule has 0 fully saturated rings. The fraction of sp³-hybridized carbons (Fsp3) is 0.600. The number of hydrogen-bond acceptors (Lipinski definition) is 9. The van der Waals surface area contributed by atoms with E-state index in [1.807, 2.05) is 27.7 Å². The van der Waals surface area contributed by atoms with Crippen LogP contribution in [0.3, 0.4) is 0 Å². The number of nitrogens with one attached hydrogen (secondary N) is 1. The van der Waals surface area contributed by atoms with Crippen molar-refractivity contribution >= 4 is 42.0 Å². The zero-order valence-corrected chi connectivity index (χ0v) is 24.7. The number of nitrogens with zero attached hydrogens (tertiary/aromatic N) is 1. The van der Waals surface area contributed by atoms with E-state index in [1.54, 1.807) is 16.0 Å². The van der Waals surface area contributed by atoms with E-state index in [4.69, 9.17) is 23.9 Å². The number of hydrogen-bond donors (Lipinski definition) is 1. The van der Waals surface area contributed by atoms with Gasteiger partial charge in [0.25, 0.3) is 0 Å². The van der Waals surface area contributed by atoms with Gasteiger partial charge in [-0.3, -0.25) is 14.5 Å². The van der Waals surface area contributed by atoms with E-state index >= 15 is 0 Å². The van der Waals surface area contributed by atoms with Crippen LogP contribution in [-0.4, -0.2) is 62.9 Å². The Morgan fingerprint density at radius 3 is 2.58 bits per heavy atom. The van der Waals surface area contributed by atoms with Gasteiger partial charge < -0.3 is 19.5 Å². The highest BCUT2D eigenvalue weighted by molar-refractivity contribution is 14.2. The molecule has 1 aliphatic heterocycles. The molecule has 0 aromatic heterocycles. The molecule has 1 amide bonds. The van der Waals surface area contributed by atoms with E-state index in [2.05, 4.69) is 32.6 Å². The number of ether oxygens (including phenoxy) is 3. The number of hydroxylamine groups is 2. The van der Waals surface area contributed by atoms with Gasteiger partial charge in [-0.05, 0) is 67.3 Å². The first-order valence-corrected chi connectivity index (χ1v) is 15.6. The molecule has 1 aromatic carbocycles. The number of esters is 1. The molecule has 2 rings (SSSR count). The molecule has 0 bridgehead atoms. The van der Waals surface area contributed by atoms with Crippen molar-refractivity contribution in [2.45, 2.75) is 53.6 Å². The normalized spacial score (nSPS) is 13.1. The summed E-state index contributed by atoms with van der Waals surface area (Å²) in [7, 11) is 3.27. The number of allylic oxidation sites excluding steroid dienone is 2. The highest BCUT2D eigenvalue weighted by atomic mass is 127. The summed E-state index contributed by atoms with van der Waals surface area (Å²) in [5.74, 6) is 1.63. The minimum atomic E-state index is -0.362. The van der Waals surface area contributed by atoms with Gasteiger partial charge in [0.05, 0.1) is 33.5 Å². The molecule has 1 N–H and O–H groups in total. The number of carbonyl (C=O) groups excluding carboxylic acids is 2. The first kappa shape index (κ1) is 30.7. The zero-order valence-electron chi connectivity index (χ0n) is 21.7. The van der Waals surface area contributed by atoms with Crippen LogP contribution in [0.2, 0.25) is 0 Å². The minimum absolute atomic E-state index is 0.0373. The molecule has 0 radical (unpaired) electrons. The largest absolute Gasteiger partial charge is 0.496 e. The molecular formula is C25H37IN2O7S. The number of cyclic esters (lactones) is 1. The van der Waals surface area contributed by atoms with E-state index in [0.29, 0.717) is 69.2 Å². The Morgan fingerprint density at radius 2 is 1.94 bits per heavy atom. The van der Waals surface area contributed by atoms with E-state index in [-0.39, 0.29) is 18.5 Å². The number of benzene rings is 1. The van der Waals surface area contributed by atoms with Gasteiger partial charge in [-0.2, -0.15) is 0 Å². The van der Waals surface area contributed by atoms with Crippen LogP contribution in [0.4, 0.5) is 0 Å². The van der Waals surface area contributed by atoms with Gasteiger partial charge in [-0.15, -0.1) is 0 Å². The molecule has 11 heteroatoms. The maximum atomic E-state index is 12.5. The first-order chi connectivity index (χ1) is 17.4. The van der Waals surface area contributed by atoms with Crippen molar-refractivity contribution in [1.82, 2.24) is 10.5 Å². The Balaban J connectivity index is 2.05. The topological polar surface area (TPSA) is 95.6 Å². The molecule has 202 valence electrons. The van der Waals surface area contributed by atoms with Gasteiger partial charge in [-0.25, -0.2) is 4.79 Å². The van der Waals surface area contributed by atoms with Crippen molar-refractivity contribution in [2.24, 2.45) is 0 Å². The van der Waals surface area contributed by atoms with Crippen LogP contribution in [0.1, 0.15) is 60.7 Å². The van der Waals surface area contributed by atoms with Crippen molar-refractivity contribution in [2.75, 3.05) is 45.8 Å². The molecule has 0 atom stereocenters. The number of methoxy groups -OCH3 is 1. The molecule has 1 heterocycles. The Morgan fingerprint density at radius 1 is 1.22 bits per heavy atom. The van der Waals surface area contributed by atoms with Crippen LogP contribution in [0.25, 0.3) is 0 Å². The summed E-state index contributed by atoms with van der Waals surface area (Å²) in [5, 5.41) is 4.29. The highest BCUT2D eigenvalue weighted by Gasteiger charge is 2.33. The van der Waals surface area contributed by atoms with Crippen LogP contribution in [-0.2, 0) is 32.2 Å². The Hall–Kier alpha value is -1.54. The second kappa shape index (κ2) is 16.3. The van der Waals surface area contributed by atoms with Crippen molar-refractivity contribution in [3.05, 3.63) is 33.9 Å². The van der Waals surface area contributed by atoms with Crippen LogP contribution in [0, 0.1) is 6.92 Å². The maximum Gasteiger partial charge on any atom is 0.342 e. The highest BCUT2D eigenvalue weighted by Crippen LogP contribution is 2.43. The van der Waals surface area contributed by atoms with Gasteiger partial charge in [0.2, 0.25) is 5.91 Å². The lowest BCUT2D eigenvalue weighted by Crippen LogP contribution is -2.35. The maximum absolute atomic E-state index is 12.5. The number of halogens is 1. The van der Waals surface area contributed by atoms with E-state index in [9.17, 15) is 9.59 Å². The van der Waals surface area contributed by atoms with E-state index < -0.39 is 0 Å². The second-order valence-corrected chi connectivity index (χ2v) is 10.5. The molecule has 0 saturated heterocycles. The van der Waals surface area contributed by atoms with Crippen LogP contribution >= 0.6 is 30.1 Å². The SMILES string of the molecule is CCON(CCNC(=O)CC/C(C)=C/Cc1c(OC)c(C)c2c(c1OCCSI)C(=O)OC2)OCC. The van der Waals surface area contributed by atoms with Crippen LogP contribution < -0.4 is 14.8 Å². The molecule has 0 unspecified atom stereocenters. The van der Waals surface area contributed by atoms with E-state index in [0.717, 1.165) is 28.0 Å². The fourth-order valence-corrected chi connectivity index (χ4v) is 4.55. The number of fused-ring (bicyclic) bond motifs is 1. The van der Waals surface area contributed by atoms with Crippen molar-refractivity contribution in [1.29, 1.82) is 0 Å². The smallest absolute Gasteiger partial charge is 0.342 e. The Kier molecular flexibility index (Phi) is 13.9. The molecule has 1 aliphatic rings. The molecule has 0 aliphatic carbocycles. The molecule has 36 heavy (non-hydrogen) atoms. The summed E-state index contributed by atoms with van der Waals surface area (Å²) >= 11 is 2.22. The standard InChI is InChI=1S/C25H37IN2O7S/c1-6-34-28(35-7-2)13-12-27-21(29)11-9-17(3)8-10-19-23(31-5)18(4)20-16-33-25(30)22(20)24(19)32-14-15-36-26/h8H,6-7,9-16H2,1-5H3,(H,27,29)/b17-8+. The van der Waals surface area contributed by atoms with Crippen LogP contribution in [0.5, 0.6) is 11.5 Å². The third-order valence-corrected chi connectivity index (χ3v) is 7.24. The lowest BCUT2D eigenvalue weighted by molar-refractivity contribution is -0.363. The molecule has 1 aromatic rings. The number of amides is 1. The van der Waals surface area contributed by atoms with Gasteiger partial charge in [0.1, 0.15) is 23.7 Å². The molecule has 0 spiro atoms. The lowest BCUT2D eigenvalue weighted by atomic mass is 9.94. The number of carbonyl (C=O) groups is 2. The summed E-state index contributed by atoms with van der Waals surface area (Å²) in [4.78, 5) is 35.5. The summed E-state index contributed by atoms with van der Waals surface area (Å²) in [6.07, 6.45) is 3.56. The molecular weight excluding hydrogens is 599 g/mol. The Bertz CT molecular complexity index is 920. The lowest BCUT2D eigenvalue weighted by Gasteiger charge is -2.19. The van der Waals surface area contributed by atoms with Crippen LogP contribution in [0.15, 0.2) is 11.6 Å². The van der Waals surface area contributed by atoms with Crippen molar-refractivity contribution in [3.63, 3.8) is 0 Å². The summed E-state index contributed by atoms with van der Waals surface area (Å²) in [6, 6.07) is 0. The van der Waals surface area contributed by atoms with Gasteiger partial charge in [-0.1, -0.05) is 25.8 Å². The van der Waals surface area contributed by atoms with Gasteiger partial charge in [0.15, 0.2) is 0 Å². The minimum Gasteiger partial charge on any atom is -0.496 e. The third kappa shape index (κ3) is 8.79. The number of rotatable bonds is 17. The fourth-order valence-electron chi connectivity index (χ4n) is 3.86. The summed E-state index contributed by atoms with van der Waals surface area (Å²) in [6.45, 7) is 10.3. The Labute approximate surface area is 230 Å². The van der Waals surface area contributed by atoms with Gasteiger partial charge in [0, 0.05) is 29.8 Å². The van der Waals surface area contributed by atoms with Crippen molar-refractivity contribution in [3.8, 4) is 11.5 Å². The average molecular weight is 637 g/mol. The predicted octanol–water partition coefficient (Wildman–Crippen LogP) is 4.73. The second-order valence-electron chi connectivity index (χ2n) is 8.05. The van der Waals surface area contributed by atoms with Gasteiger partial charge >= 0.3 is 5.97 Å². The zero-order chi connectivity index (χ0) is 26.5. The summed E-state index contributed by atoms with van der Waals surface area (Å²) < 4.78 is 17.1. The predicted molar refractivity (Wildman–Crippen MR) is 148 cm³/mol. The third-order valence-electron chi connectivity index (χ3n) is 5.60.